The van der Waals surface area contributed by atoms with Crippen LogP contribution in [0.4, 0.5) is 0 Å². The van der Waals surface area contributed by atoms with Gasteiger partial charge in [-0.25, -0.2) is 0 Å². The van der Waals surface area contributed by atoms with E-state index in [0.29, 0.717) is 12.6 Å². The molecular formula is C13H27ClN2O2. The molecule has 0 aliphatic carbocycles. The summed E-state index contributed by atoms with van der Waals surface area (Å²) in [6.07, 6.45) is 1.81. The minimum absolute atomic E-state index is 0. The van der Waals surface area contributed by atoms with Gasteiger partial charge in [0.25, 0.3) is 5.91 Å². The Kier molecular flexibility index (Phi) is 8.57. The molecule has 0 bridgehead atoms. The lowest BCUT2D eigenvalue weighted by Crippen LogP contribution is -2.59. The van der Waals surface area contributed by atoms with Crippen LogP contribution in [-0.4, -0.2) is 48.7 Å². The van der Waals surface area contributed by atoms with E-state index in [-0.39, 0.29) is 30.5 Å². The Morgan fingerprint density at radius 1 is 1.50 bits per heavy atom. The second-order valence-corrected chi connectivity index (χ2v) is 4.88. The first-order valence-electron chi connectivity index (χ1n) is 6.73. The molecule has 0 spiro atoms. The van der Waals surface area contributed by atoms with E-state index >= 15 is 0 Å². The Morgan fingerprint density at radius 3 is 2.78 bits per heavy atom. The maximum Gasteiger partial charge on any atom is 0.251 e. The van der Waals surface area contributed by atoms with E-state index in [4.69, 9.17) is 4.74 Å². The van der Waals surface area contributed by atoms with Gasteiger partial charge in [0.15, 0.2) is 0 Å². The number of nitrogens with zero attached hydrogens (tertiary/aromatic N) is 1. The van der Waals surface area contributed by atoms with Gasteiger partial charge in [0.05, 0.1) is 0 Å². The van der Waals surface area contributed by atoms with Crippen LogP contribution >= 0.6 is 12.4 Å². The molecule has 1 aliphatic heterocycles. The average molecular weight is 279 g/mol. The molecule has 0 aromatic carbocycles. The zero-order chi connectivity index (χ0) is 12.8. The van der Waals surface area contributed by atoms with Crippen LogP contribution in [0, 0.1) is 0 Å². The number of rotatable bonds is 5. The van der Waals surface area contributed by atoms with Crippen molar-refractivity contribution < 1.29 is 9.53 Å². The fraction of sp³-hybridized carbons (Fsp3) is 0.923. The van der Waals surface area contributed by atoms with E-state index in [1.54, 1.807) is 0 Å². The molecule has 3 atom stereocenters. The van der Waals surface area contributed by atoms with Gasteiger partial charge < -0.3 is 15.0 Å². The first-order valence-corrected chi connectivity index (χ1v) is 6.73. The quantitative estimate of drug-likeness (QED) is 0.780. The van der Waals surface area contributed by atoms with Crippen LogP contribution in [0.5, 0.6) is 0 Å². The molecule has 1 saturated heterocycles. The van der Waals surface area contributed by atoms with Crippen LogP contribution in [0.15, 0.2) is 0 Å². The van der Waals surface area contributed by atoms with Crippen LogP contribution in [0.25, 0.3) is 0 Å². The molecule has 4 nitrogen and oxygen atoms in total. The highest BCUT2D eigenvalue weighted by atomic mass is 35.5. The summed E-state index contributed by atoms with van der Waals surface area (Å²) >= 11 is 0. The van der Waals surface area contributed by atoms with Crippen molar-refractivity contribution in [3.8, 4) is 0 Å². The summed E-state index contributed by atoms with van der Waals surface area (Å²) in [6, 6.07) is 0.601. The second-order valence-electron chi connectivity index (χ2n) is 4.88. The number of carbonyl (C=O) groups excluding carboxylic acids is 1. The van der Waals surface area contributed by atoms with Gasteiger partial charge in [0, 0.05) is 31.8 Å². The molecule has 0 aromatic rings. The van der Waals surface area contributed by atoms with Crippen molar-refractivity contribution in [1.29, 1.82) is 0 Å². The maximum atomic E-state index is 12.2. The standard InChI is InChI=1S/C13H26N2O2.ClH/c1-5-6-9-17-12(4)13(16)15-8-7-14-10(2)11(15)3;/h10-12,14H,5-9H2,1-4H3;1H. The van der Waals surface area contributed by atoms with Crippen molar-refractivity contribution in [2.75, 3.05) is 19.7 Å². The molecule has 1 rings (SSSR count). The van der Waals surface area contributed by atoms with E-state index < -0.39 is 0 Å². The summed E-state index contributed by atoms with van der Waals surface area (Å²) in [4.78, 5) is 14.2. The number of amides is 1. The minimum atomic E-state index is -0.311. The third-order valence-corrected chi connectivity index (χ3v) is 3.53. The van der Waals surface area contributed by atoms with E-state index in [0.717, 1.165) is 25.9 Å². The molecule has 0 saturated carbocycles. The number of carbonyl (C=O) groups is 1. The fourth-order valence-electron chi connectivity index (χ4n) is 2.08. The maximum absolute atomic E-state index is 12.2. The summed E-state index contributed by atoms with van der Waals surface area (Å²) in [5, 5.41) is 3.37. The summed E-state index contributed by atoms with van der Waals surface area (Å²) in [5.41, 5.74) is 0. The van der Waals surface area contributed by atoms with Crippen molar-refractivity contribution in [3.63, 3.8) is 0 Å². The Hall–Kier alpha value is -0.320. The summed E-state index contributed by atoms with van der Waals surface area (Å²) in [7, 11) is 0. The number of unbranched alkanes of at least 4 members (excludes halogenated alkanes) is 1. The normalized spacial score (nSPS) is 25.4. The number of hydrogen-bond acceptors (Lipinski definition) is 3. The molecular weight excluding hydrogens is 252 g/mol. The zero-order valence-corrected chi connectivity index (χ0v) is 12.8. The predicted octanol–water partition coefficient (Wildman–Crippen LogP) is 1.82. The highest BCUT2D eigenvalue weighted by Gasteiger charge is 2.30. The summed E-state index contributed by atoms with van der Waals surface area (Å²) in [5.74, 6) is 0.127. The first kappa shape index (κ1) is 17.7. The molecule has 18 heavy (non-hydrogen) atoms. The van der Waals surface area contributed by atoms with Crippen LogP contribution in [0.3, 0.4) is 0 Å². The molecule has 1 aliphatic rings. The second kappa shape index (κ2) is 8.73. The SMILES string of the molecule is CCCCOC(C)C(=O)N1CCNC(C)C1C.Cl. The van der Waals surface area contributed by atoms with Crippen molar-refractivity contribution in [2.45, 2.75) is 58.7 Å². The minimum Gasteiger partial charge on any atom is -0.369 e. The van der Waals surface area contributed by atoms with E-state index in [1.807, 2.05) is 11.8 Å². The van der Waals surface area contributed by atoms with Crippen molar-refractivity contribution in [1.82, 2.24) is 10.2 Å². The lowest BCUT2D eigenvalue weighted by atomic mass is 10.1. The molecule has 108 valence electrons. The van der Waals surface area contributed by atoms with Crippen LogP contribution in [-0.2, 0) is 9.53 Å². The van der Waals surface area contributed by atoms with Gasteiger partial charge in [-0.15, -0.1) is 12.4 Å². The number of halogens is 1. The van der Waals surface area contributed by atoms with Crippen LogP contribution in [0.1, 0.15) is 40.5 Å². The van der Waals surface area contributed by atoms with Gasteiger partial charge in [-0.2, -0.15) is 0 Å². The highest BCUT2D eigenvalue weighted by molar-refractivity contribution is 5.85. The molecule has 1 fully saturated rings. The Bertz CT molecular complexity index is 251. The Morgan fingerprint density at radius 2 is 2.17 bits per heavy atom. The van der Waals surface area contributed by atoms with Crippen molar-refractivity contribution >= 4 is 18.3 Å². The molecule has 1 amide bonds. The molecule has 1 heterocycles. The number of hydrogen-bond donors (Lipinski definition) is 1. The fourth-order valence-corrected chi connectivity index (χ4v) is 2.08. The third kappa shape index (κ3) is 4.75. The van der Waals surface area contributed by atoms with E-state index in [9.17, 15) is 4.79 Å². The van der Waals surface area contributed by atoms with Crippen molar-refractivity contribution in [2.24, 2.45) is 0 Å². The number of ether oxygens (including phenoxy) is 1. The topological polar surface area (TPSA) is 41.6 Å². The lowest BCUT2D eigenvalue weighted by molar-refractivity contribution is -0.146. The van der Waals surface area contributed by atoms with Gasteiger partial charge in [0.1, 0.15) is 6.10 Å². The molecule has 0 radical (unpaired) electrons. The van der Waals surface area contributed by atoms with Gasteiger partial charge >= 0.3 is 0 Å². The molecule has 0 aromatic heterocycles. The van der Waals surface area contributed by atoms with Gasteiger partial charge in [-0.3, -0.25) is 4.79 Å². The number of piperazine rings is 1. The smallest absolute Gasteiger partial charge is 0.251 e. The van der Waals surface area contributed by atoms with Crippen LogP contribution < -0.4 is 5.32 Å². The monoisotopic (exact) mass is 278 g/mol. The number of nitrogens with one attached hydrogen (secondary N) is 1. The highest BCUT2D eigenvalue weighted by Crippen LogP contribution is 2.12. The van der Waals surface area contributed by atoms with Gasteiger partial charge in [-0.1, -0.05) is 13.3 Å². The molecule has 5 heteroatoms. The summed E-state index contributed by atoms with van der Waals surface area (Å²) < 4.78 is 5.57. The Labute approximate surface area is 117 Å². The van der Waals surface area contributed by atoms with Crippen molar-refractivity contribution in [3.05, 3.63) is 0 Å². The Balaban J connectivity index is 0.00000289. The molecule has 3 unspecified atom stereocenters. The largest absolute Gasteiger partial charge is 0.369 e. The predicted molar refractivity (Wildman–Crippen MR) is 76.2 cm³/mol. The first-order chi connectivity index (χ1) is 8.07. The average Bonchev–Trinajstić information content (AvgIpc) is 2.32. The lowest BCUT2D eigenvalue weighted by Gasteiger charge is -2.39. The zero-order valence-electron chi connectivity index (χ0n) is 11.9. The summed E-state index contributed by atoms with van der Waals surface area (Å²) in [6.45, 7) is 10.5. The van der Waals surface area contributed by atoms with Gasteiger partial charge in [0.2, 0.25) is 0 Å². The van der Waals surface area contributed by atoms with E-state index in [1.165, 1.54) is 0 Å². The third-order valence-electron chi connectivity index (χ3n) is 3.53. The van der Waals surface area contributed by atoms with Crippen LogP contribution in [0.2, 0.25) is 0 Å². The van der Waals surface area contributed by atoms with E-state index in [2.05, 4.69) is 26.1 Å². The molecule has 1 N–H and O–H groups in total. The van der Waals surface area contributed by atoms with Gasteiger partial charge in [-0.05, 0) is 27.2 Å².